The predicted octanol–water partition coefficient (Wildman–Crippen LogP) is 3.09. The molecule has 0 saturated heterocycles. The minimum atomic E-state index is -4.79. The second-order valence-electron chi connectivity index (χ2n) is 6.05. The summed E-state index contributed by atoms with van der Waals surface area (Å²) < 4.78 is 91.4. The van der Waals surface area contributed by atoms with Crippen molar-refractivity contribution in [1.82, 2.24) is 9.29 Å². The zero-order chi connectivity index (χ0) is 21.4. The summed E-state index contributed by atoms with van der Waals surface area (Å²) in [4.78, 5) is 11.9. The molecule has 2 aromatic rings. The molecule has 0 fully saturated rings. The minimum Gasteiger partial charge on any atom is -0.345 e. The third-order valence-corrected chi connectivity index (χ3v) is 5.55. The van der Waals surface area contributed by atoms with Crippen molar-refractivity contribution in [2.24, 2.45) is 7.05 Å². The molecule has 154 valence electrons. The van der Waals surface area contributed by atoms with Crippen LogP contribution in [0.1, 0.15) is 23.0 Å². The second kappa shape index (κ2) is 7.51. The number of halogens is 5. The van der Waals surface area contributed by atoms with Gasteiger partial charge in [0.05, 0.1) is 0 Å². The molecule has 0 aliphatic carbocycles. The average Bonchev–Trinajstić information content (AvgIpc) is 2.85. The van der Waals surface area contributed by atoms with E-state index in [1.165, 1.54) is 18.7 Å². The Balaban J connectivity index is 2.34. The fraction of sp³-hybridized carbons (Fsp3) is 0.312. The van der Waals surface area contributed by atoms with E-state index in [2.05, 4.69) is 5.32 Å². The Morgan fingerprint density at radius 1 is 1.18 bits per heavy atom. The highest BCUT2D eigenvalue weighted by Gasteiger charge is 2.39. The molecule has 0 saturated carbocycles. The summed E-state index contributed by atoms with van der Waals surface area (Å²) in [6.45, 7) is 1.89. The Morgan fingerprint density at radius 3 is 2.32 bits per heavy atom. The summed E-state index contributed by atoms with van der Waals surface area (Å²) in [6.07, 6.45) is -3.80. The van der Waals surface area contributed by atoms with Crippen LogP contribution in [0.25, 0.3) is 0 Å². The quantitative estimate of drug-likeness (QED) is 0.723. The van der Waals surface area contributed by atoms with Gasteiger partial charge in [0.1, 0.15) is 16.6 Å². The highest BCUT2D eigenvalue weighted by atomic mass is 32.2. The molecule has 0 unspecified atom stereocenters. The van der Waals surface area contributed by atoms with Gasteiger partial charge in [0.25, 0.3) is 5.91 Å². The summed E-state index contributed by atoms with van der Waals surface area (Å²) in [5, 5.41) is 2.28. The van der Waals surface area contributed by atoms with Gasteiger partial charge >= 0.3 is 6.18 Å². The Hall–Kier alpha value is -2.47. The van der Waals surface area contributed by atoms with Crippen molar-refractivity contribution >= 4 is 21.6 Å². The molecule has 12 heteroatoms. The molecule has 0 aliphatic rings. The van der Waals surface area contributed by atoms with E-state index in [0.29, 0.717) is 6.92 Å². The Labute approximate surface area is 157 Å². The number of alkyl halides is 3. The average molecular weight is 425 g/mol. The lowest BCUT2D eigenvalue weighted by Crippen LogP contribution is -2.43. The van der Waals surface area contributed by atoms with Crippen molar-refractivity contribution in [1.29, 1.82) is 0 Å². The fourth-order valence-corrected chi connectivity index (χ4v) is 3.97. The monoisotopic (exact) mass is 425 g/mol. The van der Waals surface area contributed by atoms with Crippen LogP contribution in [0, 0.1) is 18.6 Å². The van der Waals surface area contributed by atoms with Gasteiger partial charge in [-0.2, -0.15) is 17.9 Å². The molecule has 0 radical (unpaired) electrons. The predicted molar refractivity (Wildman–Crippen MR) is 90.3 cm³/mol. The van der Waals surface area contributed by atoms with E-state index in [0.717, 1.165) is 29.0 Å². The topological polar surface area (TPSA) is 80.2 Å². The van der Waals surface area contributed by atoms with Crippen molar-refractivity contribution in [2.45, 2.75) is 31.0 Å². The summed E-state index contributed by atoms with van der Waals surface area (Å²) in [7, 11) is -3.26. The number of sulfonamides is 1. The van der Waals surface area contributed by atoms with Gasteiger partial charge in [0.15, 0.2) is 11.6 Å². The third-order valence-electron chi connectivity index (χ3n) is 3.89. The van der Waals surface area contributed by atoms with Crippen molar-refractivity contribution in [2.75, 3.05) is 5.32 Å². The van der Waals surface area contributed by atoms with Crippen molar-refractivity contribution < 1.29 is 35.2 Å². The first-order valence-corrected chi connectivity index (χ1v) is 9.23. The maximum Gasteiger partial charge on any atom is 0.404 e. The molecular weight excluding hydrogens is 409 g/mol. The number of carbonyl (C=O) groups excluding carboxylic acids is 1. The lowest BCUT2D eigenvalue weighted by Gasteiger charge is -2.17. The number of nitrogens with zero attached hydrogens (tertiary/aromatic N) is 1. The van der Waals surface area contributed by atoms with E-state index < -0.39 is 44.7 Å². The van der Waals surface area contributed by atoms with E-state index in [1.54, 1.807) is 0 Å². The molecule has 0 bridgehead atoms. The number of carbonyl (C=O) groups is 1. The number of nitrogens with one attached hydrogen (secondary N) is 2. The number of rotatable bonds is 5. The maximum absolute atomic E-state index is 13.3. The summed E-state index contributed by atoms with van der Waals surface area (Å²) in [6, 6.07) is 0.284. The van der Waals surface area contributed by atoms with Crippen LogP contribution in [0.3, 0.4) is 0 Å². The molecule has 1 aromatic heterocycles. The first-order valence-electron chi connectivity index (χ1n) is 7.75. The van der Waals surface area contributed by atoms with Crippen LogP contribution in [0.15, 0.2) is 29.3 Å². The van der Waals surface area contributed by atoms with Crippen LogP contribution in [-0.4, -0.2) is 31.1 Å². The first-order chi connectivity index (χ1) is 12.7. The summed E-state index contributed by atoms with van der Waals surface area (Å²) in [5.74, 6) is -3.17. The number of benzene rings is 1. The van der Waals surface area contributed by atoms with Crippen LogP contribution in [-0.2, 0) is 17.1 Å². The van der Waals surface area contributed by atoms with E-state index in [9.17, 15) is 35.2 Å². The van der Waals surface area contributed by atoms with Crippen LogP contribution in [0.4, 0.5) is 27.6 Å². The molecule has 28 heavy (non-hydrogen) atoms. The number of aryl methyl sites for hydroxylation is 1. The zero-order valence-electron chi connectivity index (χ0n) is 14.9. The van der Waals surface area contributed by atoms with Crippen molar-refractivity contribution in [3.05, 3.63) is 47.3 Å². The van der Waals surface area contributed by atoms with Gasteiger partial charge in [0, 0.05) is 25.0 Å². The summed E-state index contributed by atoms with van der Waals surface area (Å²) >= 11 is 0. The Morgan fingerprint density at radius 2 is 1.79 bits per heavy atom. The molecule has 0 spiro atoms. The molecule has 2 N–H and O–H groups in total. The zero-order valence-corrected chi connectivity index (χ0v) is 15.7. The second-order valence-corrected chi connectivity index (χ2v) is 7.73. The van der Waals surface area contributed by atoms with Gasteiger partial charge in [-0.1, -0.05) is 0 Å². The lowest BCUT2D eigenvalue weighted by atomic mass is 10.2. The molecular formula is C16H16F5N3O3S. The van der Waals surface area contributed by atoms with E-state index >= 15 is 0 Å². The van der Waals surface area contributed by atoms with E-state index in [4.69, 9.17) is 0 Å². The maximum atomic E-state index is 13.3. The van der Waals surface area contributed by atoms with Gasteiger partial charge in [-0.15, -0.1) is 0 Å². The Bertz CT molecular complexity index is 1020. The molecule has 6 nitrogen and oxygen atoms in total. The third kappa shape index (κ3) is 4.50. The van der Waals surface area contributed by atoms with Crippen LogP contribution < -0.4 is 10.0 Å². The van der Waals surface area contributed by atoms with E-state index in [-0.39, 0.29) is 16.9 Å². The number of anilines is 1. The van der Waals surface area contributed by atoms with Gasteiger partial charge in [-0.3, -0.25) is 4.79 Å². The summed E-state index contributed by atoms with van der Waals surface area (Å²) in [5.41, 5.74) is -0.369. The number of hydrogen-bond donors (Lipinski definition) is 2. The van der Waals surface area contributed by atoms with E-state index in [1.807, 2.05) is 0 Å². The largest absolute Gasteiger partial charge is 0.404 e. The molecule has 1 atom stereocenters. The fourth-order valence-electron chi connectivity index (χ4n) is 2.45. The van der Waals surface area contributed by atoms with Gasteiger partial charge in [-0.25, -0.2) is 17.2 Å². The number of amides is 1. The van der Waals surface area contributed by atoms with Crippen molar-refractivity contribution in [3.63, 3.8) is 0 Å². The molecule has 1 heterocycles. The number of hydrogen-bond acceptors (Lipinski definition) is 3. The molecule has 2 rings (SSSR count). The molecule has 1 amide bonds. The lowest BCUT2D eigenvalue weighted by molar-refractivity contribution is -0.147. The normalized spacial score (nSPS) is 13.4. The first kappa shape index (κ1) is 21.8. The van der Waals surface area contributed by atoms with Gasteiger partial charge in [0.2, 0.25) is 10.0 Å². The number of aromatic nitrogens is 1. The van der Waals surface area contributed by atoms with Crippen LogP contribution >= 0.6 is 0 Å². The standard InChI is InChI=1S/C16H16F5N3O3S/c1-8-13(28(26,27)23-9(2)16(19,20)21)7-24(3)14(8)15(25)22-10-4-5-11(17)12(18)6-10/h4-7,9,23H,1-3H3,(H,22,25)/t9-/m0/s1. The SMILES string of the molecule is Cc1c(S(=O)(=O)N[C@@H](C)C(F)(F)F)cn(C)c1C(=O)Nc1ccc(F)c(F)c1. The molecule has 1 aromatic carbocycles. The highest BCUT2D eigenvalue weighted by Crippen LogP contribution is 2.25. The minimum absolute atomic E-state index is 0.0854. The molecule has 0 aliphatic heterocycles. The van der Waals surface area contributed by atoms with Crippen molar-refractivity contribution in [3.8, 4) is 0 Å². The Kier molecular flexibility index (Phi) is 5.85. The van der Waals surface area contributed by atoms with Crippen LogP contribution in [0.5, 0.6) is 0 Å². The smallest absolute Gasteiger partial charge is 0.345 e. The van der Waals surface area contributed by atoms with Gasteiger partial charge in [-0.05, 0) is 31.5 Å². The highest BCUT2D eigenvalue weighted by molar-refractivity contribution is 7.89. The van der Waals surface area contributed by atoms with Gasteiger partial charge < -0.3 is 9.88 Å². The van der Waals surface area contributed by atoms with Crippen LogP contribution in [0.2, 0.25) is 0 Å².